The van der Waals surface area contributed by atoms with Crippen molar-refractivity contribution in [2.45, 2.75) is 44.9 Å². The molecule has 1 aromatic rings. The van der Waals surface area contributed by atoms with Crippen molar-refractivity contribution < 1.29 is 22.4 Å². The Morgan fingerprint density at radius 1 is 1.32 bits per heavy atom. The minimum Gasteiger partial charge on any atom is -0.350 e. The van der Waals surface area contributed by atoms with E-state index >= 15 is 0 Å². The Bertz CT molecular complexity index is 518. The van der Waals surface area contributed by atoms with Gasteiger partial charge in [0.1, 0.15) is 5.82 Å². The summed E-state index contributed by atoms with van der Waals surface area (Å²) in [5.74, 6) is -1.52. The Hall–Kier alpha value is -1.34. The van der Waals surface area contributed by atoms with Gasteiger partial charge in [-0.15, -0.1) is 12.4 Å². The van der Waals surface area contributed by atoms with Crippen molar-refractivity contribution in [2.75, 3.05) is 0 Å². The van der Waals surface area contributed by atoms with Gasteiger partial charge in [-0.1, -0.05) is 19.4 Å². The van der Waals surface area contributed by atoms with Crippen LogP contribution < -0.4 is 11.1 Å². The first-order valence-electron chi connectivity index (χ1n) is 6.50. The molecule has 1 unspecified atom stereocenters. The maximum absolute atomic E-state index is 13.0. The third-order valence-corrected chi connectivity index (χ3v) is 3.10. The van der Waals surface area contributed by atoms with Crippen LogP contribution in [-0.2, 0) is 17.5 Å². The minimum atomic E-state index is -4.68. The molecule has 126 valence electrons. The largest absolute Gasteiger partial charge is 0.416 e. The lowest BCUT2D eigenvalue weighted by Crippen LogP contribution is -2.51. The fourth-order valence-corrected chi connectivity index (χ4v) is 1.98. The Morgan fingerprint density at radius 2 is 1.91 bits per heavy atom. The summed E-state index contributed by atoms with van der Waals surface area (Å²) in [6.07, 6.45) is -3.60. The van der Waals surface area contributed by atoms with Gasteiger partial charge in [0.25, 0.3) is 0 Å². The molecule has 0 aliphatic carbocycles. The molecule has 3 nitrogen and oxygen atoms in total. The summed E-state index contributed by atoms with van der Waals surface area (Å²) in [5.41, 5.74) is 3.34. The van der Waals surface area contributed by atoms with E-state index in [1.54, 1.807) is 0 Å². The van der Waals surface area contributed by atoms with Crippen molar-refractivity contribution in [3.8, 4) is 0 Å². The molecule has 1 aromatic carbocycles. The molecule has 22 heavy (non-hydrogen) atoms. The second kappa shape index (κ2) is 7.78. The van der Waals surface area contributed by atoms with Crippen LogP contribution >= 0.6 is 12.4 Å². The number of carbonyl (C=O) groups excluding carboxylic acids is 1. The van der Waals surface area contributed by atoms with E-state index in [-0.39, 0.29) is 24.5 Å². The molecule has 0 saturated heterocycles. The molecule has 0 aliphatic heterocycles. The topological polar surface area (TPSA) is 55.1 Å². The summed E-state index contributed by atoms with van der Waals surface area (Å²) in [6.45, 7) is 3.01. The lowest BCUT2D eigenvalue weighted by atomic mass is 9.96. The quantitative estimate of drug-likeness (QED) is 0.806. The van der Waals surface area contributed by atoms with E-state index in [0.29, 0.717) is 18.9 Å². The Morgan fingerprint density at radius 3 is 2.41 bits per heavy atom. The number of benzene rings is 1. The van der Waals surface area contributed by atoms with Crippen LogP contribution in [-0.4, -0.2) is 11.4 Å². The Balaban J connectivity index is 0.00000441. The molecular formula is C14H19ClF4N2O. The predicted octanol–water partition coefficient (Wildman–Crippen LogP) is 3.40. The van der Waals surface area contributed by atoms with Gasteiger partial charge in [0.15, 0.2) is 0 Å². The SMILES string of the molecule is CCCC(C)(N)C(=O)NCc1ccc(F)cc1C(F)(F)F.Cl. The molecule has 0 fully saturated rings. The molecular weight excluding hydrogens is 324 g/mol. The first-order valence-corrected chi connectivity index (χ1v) is 6.50. The van der Waals surface area contributed by atoms with Crippen LogP contribution in [0.4, 0.5) is 17.6 Å². The van der Waals surface area contributed by atoms with Crippen molar-refractivity contribution in [1.29, 1.82) is 0 Å². The van der Waals surface area contributed by atoms with Gasteiger partial charge < -0.3 is 11.1 Å². The number of hydrogen-bond donors (Lipinski definition) is 2. The number of rotatable bonds is 5. The lowest BCUT2D eigenvalue weighted by molar-refractivity contribution is -0.138. The molecule has 1 atom stereocenters. The van der Waals surface area contributed by atoms with Crippen molar-refractivity contribution in [3.63, 3.8) is 0 Å². The number of alkyl halides is 3. The van der Waals surface area contributed by atoms with Gasteiger partial charge in [-0.25, -0.2) is 4.39 Å². The highest BCUT2D eigenvalue weighted by molar-refractivity contribution is 5.85. The molecule has 0 radical (unpaired) electrons. The Kier molecular flexibility index (Phi) is 7.31. The monoisotopic (exact) mass is 342 g/mol. The van der Waals surface area contributed by atoms with E-state index < -0.39 is 29.0 Å². The normalized spacial score (nSPS) is 14.0. The number of nitrogens with one attached hydrogen (secondary N) is 1. The molecule has 0 heterocycles. The van der Waals surface area contributed by atoms with Crippen molar-refractivity contribution in [2.24, 2.45) is 5.73 Å². The highest BCUT2D eigenvalue weighted by atomic mass is 35.5. The highest BCUT2D eigenvalue weighted by Crippen LogP contribution is 2.32. The molecule has 0 aromatic heterocycles. The molecule has 8 heteroatoms. The number of carbonyl (C=O) groups is 1. The van der Waals surface area contributed by atoms with Gasteiger partial charge in [-0.2, -0.15) is 13.2 Å². The summed E-state index contributed by atoms with van der Waals surface area (Å²) in [5, 5.41) is 2.37. The molecule has 0 spiro atoms. The van der Waals surface area contributed by atoms with Crippen LogP contribution in [0.5, 0.6) is 0 Å². The molecule has 1 amide bonds. The van der Waals surface area contributed by atoms with Crippen LogP contribution in [0.15, 0.2) is 18.2 Å². The van der Waals surface area contributed by atoms with Gasteiger partial charge in [0.05, 0.1) is 11.1 Å². The van der Waals surface area contributed by atoms with Crippen molar-refractivity contribution in [1.82, 2.24) is 5.32 Å². The van der Waals surface area contributed by atoms with E-state index in [4.69, 9.17) is 5.73 Å². The summed E-state index contributed by atoms with van der Waals surface area (Å²) < 4.78 is 51.4. The zero-order valence-electron chi connectivity index (χ0n) is 12.3. The van der Waals surface area contributed by atoms with Gasteiger partial charge >= 0.3 is 6.18 Å². The van der Waals surface area contributed by atoms with Crippen molar-refractivity contribution in [3.05, 3.63) is 35.1 Å². The number of nitrogens with two attached hydrogens (primary N) is 1. The van der Waals surface area contributed by atoms with Gasteiger partial charge in [0.2, 0.25) is 5.91 Å². The minimum absolute atomic E-state index is 0. The van der Waals surface area contributed by atoms with E-state index in [2.05, 4.69) is 5.32 Å². The van der Waals surface area contributed by atoms with Gasteiger partial charge in [0, 0.05) is 6.54 Å². The van der Waals surface area contributed by atoms with Crippen LogP contribution in [0.1, 0.15) is 37.8 Å². The van der Waals surface area contributed by atoms with Gasteiger partial charge in [-0.05, 0) is 31.0 Å². The number of hydrogen-bond acceptors (Lipinski definition) is 2. The van der Waals surface area contributed by atoms with Crippen LogP contribution in [0, 0.1) is 5.82 Å². The molecule has 0 bridgehead atoms. The fraction of sp³-hybridized carbons (Fsp3) is 0.500. The van der Waals surface area contributed by atoms with E-state index in [1.165, 1.54) is 6.92 Å². The summed E-state index contributed by atoms with van der Waals surface area (Å²) in [6, 6.07) is 2.34. The highest BCUT2D eigenvalue weighted by Gasteiger charge is 2.34. The van der Waals surface area contributed by atoms with E-state index in [9.17, 15) is 22.4 Å². The first-order chi connectivity index (χ1) is 9.58. The average Bonchev–Trinajstić information content (AvgIpc) is 2.35. The summed E-state index contributed by atoms with van der Waals surface area (Å²) >= 11 is 0. The standard InChI is InChI=1S/C14H18F4N2O.ClH/c1-3-6-13(2,19)12(21)20-8-9-4-5-10(15)7-11(9)14(16,17)18;/h4-5,7H,3,6,8,19H2,1-2H3,(H,20,21);1H. The van der Waals surface area contributed by atoms with Crippen LogP contribution in [0.3, 0.4) is 0 Å². The van der Waals surface area contributed by atoms with Gasteiger partial charge in [-0.3, -0.25) is 4.79 Å². The second-order valence-corrected chi connectivity index (χ2v) is 5.15. The third kappa shape index (κ3) is 5.46. The smallest absolute Gasteiger partial charge is 0.350 e. The second-order valence-electron chi connectivity index (χ2n) is 5.15. The maximum Gasteiger partial charge on any atom is 0.416 e. The summed E-state index contributed by atoms with van der Waals surface area (Å²) in [7, 11) is 0. The maximum atomic E-state index is 13.0. The van der Waals surface area contributed by atoms with E-state index in [0.717, 1.165) is 12.1 Å². The Labute approximate surface area is 132 Å². The fourth-order valence-electron chi connectivity index (χ4n) is 1.98. The third-order valence-electron chi connectivity index (χ3n) is 3.10. The van der Waals surface area contributed by atoms with Crippen molar-refractivity contribution >= 4 is 18.3 Å². The van der Waals surface area contributed by atoms with E-state index in [1.807, 2.05) is 6.92 Å². The summed E-state index contributed by atoms with van der Waals surface area (Å²) in [4.78, 5) is 11.9. The number of halogens is 5. The molecule has 0 saturated carbocycles. The molecule has 3 N–H and O–H groups in total. The van der Waals surface area contributed by atoms with Crippen LogP contribution in [0.25, 0.3) is 0 Å². The predicted molar refractivity (Wildman–Crippen MR) is 78.0 cm³/mol. The average molecular weight is 343 g/mol. The first kappa shape index (κ1) is 20.7. The molecule has 1 rings (SSSR count). The number of amides is 1. The molecule has 0 aliphatic rings. The zero-order chi connectivity index (χ0) is 16.3. The zero-order valence-corrected chi connectivity index (χ0v) is 13.1. The van der Waals surface area contributed by atoms with Crippen LogP contribution in [0.2, 0.25) is 0 Å². The lowest BCUT2D eigenvalue weighted by Gasteiger charge is -2.23.